The molecule has 0 saturated carbocycles. The Kier molecular flexibility index (Phi) is 5.00. The van der Waals surface area contributed by atoms with Crippen LogP contribution in [0.5, 0.6) is 5.75 Å². The Labute approximate surface area is 122 Å². The van der Waals surface area contributed by atoms with Crippen LogP contribution in [0.2, 0.25) is 0 Å². The number of rotatable bonds is 5. The third-order valence-corrected chi connectivity index (χ3v) is 3.61. The number of amides is 1. The van der Waals surface area contributed by atoms with E-state index < -0.39 is 33.8 Å². The summed E-state index contributed by atoms with van der Waals surface area (Å²) in [6, 6.07) is 5.23. The first-order chi connectivity index (χ1) is 9.89. The maximum absolute atomic E-state index is 12.7. The minimum atomic E-state index is -6.19. The van der Waals surface area contributed by atoms with E-state index in [1.165, 1.54) is 31.4 Å². The van der Waals surface area contributed by atoms with Gasteiger partial charge in [0.2, 0.25) is 10.0 Å². The number of methoxy groups -OCH3 is 1. The molecule has 0 fully saturated rings. The molecule has 1 aromatic carbocycles. The molecule has 22 heavy (non-hydrogen) atoms. The summed E-state index contributed by atoms with van der Waals surface area (Å²) in [6.45, 7) is 0. The number of benzene rings is 1. The van der Waals surface area contributed by atoms with Gasteiger partial charge in [-0.25, -0.2) is 13.1 Å². The van der Waals surface area contributed by atoms with Crippen molar-refractivity contribution in [3.05, 3.63) is 29.8 Å². The van der Waals surface area contributed by atoms with E-state index in [-0.39, 0.29) is 5.56 Å². The molecular weight excluding hydrogens is 337 g/mol. The predicted molar refractivity (Wildman–Crippen MR) is 64.8 cm³/mol. The van der Waals surface area contributed by atoms with Crippen molar-refractivity contribution in [1.29, 1.82) is 0 Å². The van der Waals surface area contributed by atoms with Gasteiger partial charge in [0.1, 0.15) is 5.75 Å². The van der Waals surface area contributed by atoms with Crippen molar-refractivity contribution in [1.82, 2.24) is 4.72 Å². The van der Waals surface area contributed by atoms with Crippen LogP contribution in [0.4, 0.5) is 22.0 Å². The van der Waals surface area contributed by atoms with E-state index in [0.29, 0.717) is 10.5 Å². The molecular formula is C11H10F5NO4S. The Morgan fingerprint density at radius 2 is 1.64 bits per heavy atom. The smallest absolute Gasteiger partial charge is 0.463 e. The van der Waals surface area contributed by atoms with Crippen LogP contribution in [0.1, 0.15) is 5.56 Å². The van der Waals surface area contributed by atoms with E-state index in [4.69, 9.17) is 4.74 Å². The molecule has 0 aliphatic rings. The lowest BCUT2D eigenvalue weighted by Crippen LogP contribution is -2.52. The van der Waals surface area contributed by atoms with Crippen LogP contribution in [0, 0.1) is 0 Å². The van der Waals surface area contributed by atoms with Crippen molar-refractivity contribution >= 4 is 15.9 Å². The highest BCUT2D eigenvalue weighted by molar-refractivity contribution is 7.89. The zero-order valence-electron chi connectivity index (χ0n) is 10.9. The summed E-state index contributed by atoms with van der Waals surface area (Å²) in [7, 11) is -3.36. The van der Waals surface area contributed by atoms with Crippen LogP contribution in [0.25, 0.3) is 0 Å². The van der Waals surface area contributed by atoms with E-state index in [1.54, 1.807) is 0 Å². The molecule has 0 radical (unpaired) electrons. The Morgan fingerprint density at radius 3 is 2.05 bits per heavy atom. The lowest BCUT2D eigenvalue weighted by molar-refractivity contribution is -0.268. The van der Waals surface area contributed by atoms with Gasteiger partial charge < -0.3 is 4.74 Å². The number of hydrogen-bond acceptors (Lipinski definition) is 4. The van der Waals surface area contributed by atoms with Gasteiger partial charge in [0.25, 0.3) is 0 Å². The summed E-state index contributed by atoms with van der Waals surface area (Å²) >= 11 is 0. The number of halogens is 5. The Hall–Kier alpha value is -1.91. The topological polar surface area (TPSA) is 72.5 Å². The zero-order chi connectivity index (χ0) is 17.2. The van der Waals surface area contributed by atoms with Gasteiger partial charge in [0.05, 0.1) is 12.9 Å². The normalized spacial score (nSPS) is 12.8. The van der Waals surface area contributed by atoms with Gasteiger partial charge in [-0.15, -0.1) is 0 Å². The maximum Gasteiger partial charge on any atom is 0.463 e. The molecule has 124 valence electrons. The van der Waals surface area contributed by atoms with Crippen LogP contribution < -0.4 is 9.46 Å². The molecule has 0 unspecified atom stereocenters. The summed E-state index contributed by atoms with van der Waals surface area (Å²) in [5.74, 6) is -9.32. The highest BCUT2D eigenvalue weighted by atomic mass is 32.2. The fourth-order valence-corrected chi connectivity index (χ4v) is 2.43. The van der Waals surface area contributed by atoms with Crippen LogP contribution in [-0.4, -0.2) is 33.5 Å². The molecule has 0 aromatic heterocycles. The summed E-state index contributed by atoms with van der Waals surface area (Å²) in [4.78, 5) is 10.8. The van der Waals surface area contributed by atoms with Crippen molar-refractivity contribution in [3.63, 3.8) is 0 Å². The van der Waals surface area contributed by atoms with E-state index >= 15 is 0 Å². The third kappa shape index (κ3) is 4.29. The first-order valence-corrected chi connectivity index (χ1v) is 7.16. The number of sulfonamides is 1. The second-order valence-corrected chi connectivity index (χ2v) is 5.83. The number of carbonyl (C=O) groups excluding carboxylic acids is 1. The Bertz CT molecular complexity index is 639. The number of hydrogen-bond donors (Lipinski definition) is 1. The highest BCUT2D eigenvalue weighted by Crippen LogP contribution is 2.35. The van der Waals surface area contributed by atoms with Gasteiger partial charge in [0, 0.05) is 0 Å². The lowest BCUT2D eigenvalue weighted by Gasteiger charge is -2.18. The SMILES string of the molecule is COc1ccc(CS(=O)(=O)NC(=O)C(F)(F)C(F)(F)F)cc1. The minimum absolute atomic E-state index is 0.0661. The van der Waals surface area contributed by atoms with Crippen molar-refractivity contribution in [2.45, 2.75) is 17.9 Å². The van der Waals surface area contributed by atoms with Crippen molar-refractivity contribution in [2.75, 3.05) is 7.11 Å². The van der Waals surface area contributed by atoms with Gasteiger partial charge in [-0.05, 0) is 17.7 Å². The molecule has 1 aromatic rings. The summed E-state index contributed by atoms with van der Waals surface area (Å²) < 4.78 is 89.7. The predicted octanol–water partition coefficient (Wildman–Crippen LogP) is 1.84. The first kappa shape index (κ1) is 18.1. The van der Waals surface area contributed by atoms with Crippen LogP contribution in [0.3, 0.4) is 0 Å². The fourth-order valence-electron chi connectivity index (χ4n) is 1.31. The molecule has 0 atom stereocenters. The van der Waals surface area contributed by atoms with E-state index in [0.717, 1.165) is 0 Å². The van der Waals surface area contributed by atoms with Gasteiger partial charge >= 0.3 is 18.0 Å². The maximum atomic E-state index is 12.7. The molecule has 1 amide bonds. The average Bonchev–Trinajstić information content (AvgIpc) is 2.37. The molecule has 0 bridgehead atoms. The molecule has 0 spiro atoms. The van der Waals surface area contributed by atoms with Gasteiger partial charge in [-0.3, -0.25) is 4.79 Å². The van der Waals surface area contributed by atoms with Crippen molar-refractivity contribution < 1.29 is 39.9 Å². The number of nitrogens with one attached hydrogen (secondary N) is 1. The van der Waals surface area contributed by atoms with Gasteiger partial charge in [-0.2, -0.15) is 22.0 Å². The van der Waals surface area contributed by atoms with Crippen molar-refractivity contribution in [3.8, 4) is 5.75 Å². The molecule has 0 aliphatic carbocycles. The average molecular weight is 347 g/mol. The molecule has 0 aliphatic heterocycles. The second-order valence-electron chi connectivity index (χ2n) is 4.11. The Morgan fingerprint density at radius 1 is 1.14 bits per heavy atom. The number of carbonyl (C=O) groups is 1. The lowest BCUT2D eigenvalue weighted by atomic mass is 10.2. The molecule has 0 heterocycles. The third-order valence-electron chi connectivity index (χ3n) is 2.41. The summed E-state index contributed by atoms with van der Waals surface area (Å²) in [5.41, 5.74) is 0.0661. The fraction of sp³-hybridized carbons (Fsp3) is 0.364. The molecule has 5 nitrogen and oxygen atoms in total. The molecule has 0 saturated heterocycles. The van der Waals surface area contributed by atoms with E-state index in [9.17, 15) is 35.2 Å². The van der Waals surface area contributed by atoms with Crippen molar-refractivity contribution in [2.24, 2.45) is 0 Å². The van der Waals surface area contributed by atoms with E-state index in [2.05, 4.69) is 0 Å². The largest absolute Gasteiger partial charge is 0.497 e. The first-order valence-electron chi connectivity index (χ1n) is 5.51. The van der Waals surface area contributed by atoms with Crippen LogP contribution in [-0.2, 0) is 20.6 Å². The Balaban J connectivity index is 2.85. The summed E-state index contributed by atoms with van der Waals surface area (Å²) in [6.07, 6.45) is -6.19. The highest BCUT2D eigenvalue weighted by Gasteiger charge is 2.64. The quantitative estimate of drug-likeness (QED) is 0.825. The standard InChI is InChI=1S/C11H10F5NO4S/c1-21-8-4-2-7(3-5-8)6-22(19,20)17-9(18)10(12,13)11(14,15)16/h2-5H,6H2,1H3,(H,17,18). The molecule has 1 N–H and O–H groups in total. The monoisotopic (exact) mass is 347 g/mol. The van der Waals surface area contributed by atoms with E-state index in [1.807, 2.05) is 0 Å². The minimum Gasteiger partial charge on any atom is -0.497 e. The zero-order valence-corrected chi connectivity index (χ0v) is 11.8. The molecule has 11 heteroatoms. The number of ether oxygens (including phenoxy) is 1. The number of alkyl halides is 5. The molecule has 1 rings (SSSR count). The second kappa shape index (κ2) is 6.07. The summed E-state index contributed by atoms with van der Waals surface area (Å²) in [5, 5.41) is 0. The van der Waals surface area contributed by atoms with Crippen LogP contribution >= 0.6 is 0 Å². The van der Waals surface area contributed by atoms with Crippen LogP contribution in [0.15, 0.2) is 24.3 Å². The van der Waals surface area contributed by atoms with Gasteiger partial charge in [0.15, 0.2) is 0 Å². The van der Waals surface area contributed by atoms with Gasteiger partial charge in [-0.1, -0.05) is 12.1 Å².